The molecule has 4 rings (SSSR count). The lowest BCUT2D eigenvalue weighted by molar-refractivity contribution is -0.180. The van der Waals surface area contributed by atoms with E-state index in [0.29, 0.717) is 44.7 Å². The number of aromatic nitrogens is 2. The average Bonchev–Trinajstić information content (AvgIpc) is 3.20. The normalized spacial score (nSPS) is 21.2. The second-order valence-electron chi connectivity index (χ2n) is 8.68. The second kappa shape index (κ2) is 9.20. The highest BCUT2D eigenvalue weighted by Crippen LogP contribution is 2.32. The summed E-state index contributed by atoms with van der Waals surface area (Å²) in [7, 11) is 3.83. The van der Waals surface area contributed by atoms with Crippen molar-refractivity contribution in [2.24, 2.45) is 7.05 Å². The number of hydrogen-bond acceptors (Lipinski definition) is 5. The van der Waals surface area contributed by atoms with Gasteiger partial charge in [0.05, 0.1) is 5.60 Å². The summed E-state index contributed by atoms with van der Waals surface area (Å²) in [6.07, 6.45) is 3.50. The van der Waals surface area contributed by atoms with E-state index in [2.05, 4.69) is 27.4 Å². The Labute approximate surface area is 183 Å². The maximum atomic E-state index is 12.8. The van der Waals surface area contributed by atoms with Crippen molar-refractivity contribution in [3.8, 4) is 0 Å². The lowest BCUT2D eigenvalue weighted by atomic mass is 9.88. The van der Waals surface area contributed by atoms with E-state index in [9.17, 15) is 9.59 Å². The third kappa shape index (κ3) is 5.14. The summed E-state index contributed by atoms with van der Waals surface area (Å²) in [4.78, 5) is 29.5. The van der Waals surface area contributed by atoms with Crippen LogP contribution in [0.25, 0.3) is 0 Å². The molecule has 0 saturated carbocycles. The monoisotopic (exact) mass is 425 g/mol. The SMILES string of the molecule is CN1C[C@H](C(=O)NCCc2ccccc2)OC2(CCN(C(=O)c3ccn(C)n3)CC2)C1. The minimum Gasteiger partial charge on any atom is -0.359 e. The molecule has 2 aromatic rings. The summed E-state index contributed by atoms with van der Waals surface area (Å²) >= 11 is 0. The maximum absolute atomic E-state index is 12.8. The van der Waals surface area contributed by atoms with Crippen LogP contribution in [0.5, 0.6) is 0 Å². The Hall–Kier alpha value is -2.71. The third-order valence-corrected chi connectivity index (χ3v) is 6.17. The number of nitrogens with zero attached hydrogens (tertiary/aromatic N) is 4. The van der Waals surface area contributed by atoms with E-state index in [1.807, 2.05) is 30.1 Å². The first-order chi connectivity index (χ1) is 14.9. The molecule has 31 heavy (non-hydrogen) atoms. The molecule has 2 aliphatic heterocycles. The molecule has 0 bridgehead atoms. The number of morpholine rings is 1. The number of nitrogens with one attached hydrogen (secondary N) is 1. The number of amides is 2. The van der Waals surface area contributed by atoms with Gasteiger partial charge in [0, 0.05) is 46.0 Å². The largest absolute Gasteiger partial charge is 0.359 e. The summed E-state index contributed by atoms with van der Waals surface area (Å²) in [5, 5.41) is 7.25. The number of rotatable bonds is 5. The molecular formula is C23H31N5O3. The highest BCUT2D eigenvalue weighted by Gasteiger charge is 2.44. The number of likely N-dealkylation sites (tertiary alicyclic amines) is 1. The summed E-state index contributed by atoms with van der Waals surface area (Å²) in [5.74, 6) is -0.108. The molecule has 2 fully saturated rings. The third-order valence-electron chi connectivity index (χ3n) is 6.17. The van der Waals surface area contributed by atoms with E-state index >= 15 is 0 Å². The number of benzene rings is 1. The van der Waals surface area contributed by atoms with Crippen LogP contribution >= 0.6 is 0 Å². The molecule has 8 nitrogen and oxygen atoms in total. The van der Waals surface area contributed by atoms with Crippen LogP contribution in [0.4, 0.5) is 0 Å². The molecule has 0 aliphatic carbocycles. The molecule has 1 atom stereocenters. The number of aryl methyl sites for hydroxylation is 1. The van der Waals surface area contributed by atoms with Crippen LogP contribution in [0, 0.1) is 0 Å². The van der Waals surface area contributed by atoms with Gasteiger partial charge >= 0.3 is 0 Å². The molecule has 2 amide bonds. The summed E-state index contributed by atoms with van der Waals surface area (Å²) in [5.41, 5.74) is 1.27. The van der Waals surface area contributed by atoms with Gasteiger partial charge in [-0.15, -0.1) is 0 Å². The van der Waals surface area contributed by atoms with Crippen LogP contribution in [0.2, 0.25) is 0 Å². The van der Waals surface area contributed by atoms with Crippen LogP contribution < -0.4 is 5.32 Å². The van der Waals surface area contributed by atoms with Gasteiger partial charge in [0.15, 0.2) is 0 Å². The first-order valence-electron chi connectivity index (χ1n) is 10.9. The van der Waals surface area contributed by atoms with Gasteiger partial charge in [-0.25, -0.2) is 0 Å². The van der Waals surface area contributed by atoms with Gasteiger partial charge in [-0.2, -0.15) is 5.10 Å². The van der Waals surface area contributed by atoms with Crippen molar-refractivity contribution in [2.45, 2.75) is 31.0 Å². The molecular weight excluding hydrogens is 394 g/mol. The summed E-state index contributed by atoms with van der Waals surface area (Å²) < 4.78 is 8.01. The first-order valence-corrected chi connectivity index (χ1v) is 10.9. The Kier molecular flexibility index (Phi) is 6.38. The second-order valence-corrected chi connectivity index (χ2v) is 8.68. The van der Waals surface area contributed by atoms with Gasteiger partial charge in [-0.05, 0) is 37.9 Å². The predicted molar refractivity (Wildman–Crippen MR) is 117 cm³/mol. The van der Waals surface area contributed by atoms with Crippen LogP contribution in [-0.2, 0) is 23.0 Å². The van der Waals surface area contributed by atoms with Gasteiger partial charge in [0.2, 0.25) is 0 Å². The van der Waals surface area contributed by atoms with E-state index < -0.39 is 11.7 Å². The zero-order valence-corrected chi connectivity index (χ0v) is 18.3. The Morgan fingerprint density at radius 1 is 1.16 bits per heavy atom. The van der Waals surface area contributed by atoms with Crippen molar-refractivity contribution >= 4 is 11.8 Å². The molecule has 3 heterocycles. The number of carbonyl (C=O) groups excluding carboxylic acids is 2. The molecule has 0 radical (unpaired) electrons. The number of hydrogen-bond donors (Lipinski definition) is 1. The topological polar surface area (TPSA) is 79.7 Å². The quantitative estimate of drug-likeness (QED) is 0.776. The zero-order valence-electron chi connectivity index (χ0n) is 18.3. The molecule has 166 valence electrons. The minimum atomic E-state index is -0.493. The maximum Gasteiger partial charge on any atom is 0.274 e. The van der Waals surface area contributed by atoms with E-state index in [1.165, 1.54) is 5.56 Å². The minimum absolute atomic E-state index is 0.0465. The number of ether oxygens (including phenoxy) is 1. The lowest BCUT2D eigenvalue weighted by Crippen LogP contribution is -2.62. The van der Waals surface area contributed by atoms with Crippen LogP contribution in [0.1, 0.15) is 28.9 Å². The Morgan fingerprint density at radius 2 is 1.90 bits per heavy atom. The fourth-order valence-electron chi connectivity index (χ4n) is 4.53. The van der Waals surface area contributed by atoms with Crippen molar-refractivity contribution in [3.63, 3.8) is 0 Å². The van der Waals surface area contributed by atoms with Crippen molar-refractivity contribution in [1.82, 2.24) is 24.9 Å². The highest BCUT2D eigenvalue weighted by molar-refractivity contribution is 5.92. The number of carbonyl (C=O) groups is 2. The fraction of sp³-hybridized carbons (Fsp3) is 0.522. The molecule has 0 unspecified atom stereocenters. The molecule has 1 aromatic carbocycles. The van der Waals surface area contributed by atoms with Crippen LogP contribution in [0.15, 0.2) is 42.6 Å². The average molecular weight is 426 g/mol. The molecule has 1 aromatic heterocycles. The van der Waals surface area contributed by atoms with Gasteiger partial charge < -0.3 is 19.9 Å². The van der Waals surface area contributed by atoms with Gasteiger partial charge in [0.1, 0.15) is 11.8 Å². The van der Waals surface area contributed by atoms with Crippen LogP contribution in [0.3, 0.4) is 0 Å². The van der Waals surface area contributed by atoms with Crippen molar-refractivity contribution < 1.29 is 14.3 Å². The smallest absolute Gasteiger partial charge is 0.274 e. The van der Waals surface area contributed by atoms with Crippen molar-refractivity contribution in [3.05, 3.63) is 53.9 Å². The molecule has 8 heteroatoms. The predicted octanol–water partition coefficient (Wildman–Crippen LogP) is 1.08. The van der Waals surface area contributed by atoms with E-state index in [0.717, 1.165) is 13.0 Å². The lowest BCUT2D eigenvalue weighted by Gasteiger charge is -2.48. The van der Waals surface area contributed by atoms with E-state index in [1.54, 1.807) is 24.0 Å². The van der Waals surface area contributed by atoms with E-state index in [-0.39, 0.29) is 11.8 Å². The molecule has 2 saturated heterocycles. The number of piperidine rings is 1. The Morgan fingerprint density at radius 3 is 2.58 bits per heavy atom. The van der Waals surface area contributed by atoms with Gasteiger partial charge in [-0.3, -0.25) is 14.3 Å². The fourth-order valence-corrected chi connectivity index (χ4v) is 4.53. The molecule has 1 spiro atoms. The first kappa shape index (κ1) is 21.5. The van der Waals surface area contributed by atoms with Gasteiger partial charge in [-0.1, -0.05) is 30.3 Å². The summed E-state index contributed by atoms with van der Waals surface area (Å²) in [6.45, 7) is 3.14. The van der Waals surface area contributed by atoms with Crippen molar-refractivity contribution in [2.75, 3.05) is 39.8 Å². The van der Waals surface area contributed by atoms with Gasteiger partial charge in [0.25, 0.3) is 11.8 Å². The molecule has 2 aliphatic rings. The highest BCUT2D eigenvalue weighted by atomic mass is 16.5. The molecule has 1 N–H and O–H groups in total. The standard InChI is InChI=1S/C23H31N5O3/c1-26-16-20(21(29)24-12-8-18-6-4-3-5-7-18)31-23(17-26)10-14-28(15-11-23)22(30)19-9-13-27(2)25-19/h3-7,9,13,20H,8,10-12,14-17H2,1-2H3,(H,24,29)/t20-/m1/s1. The zero-order chi connectivity index (χ0) is 21.8. The van der Waals surface area contributed by atoms with E-state index in [4.69, 9.17) is 4.74 Å². The van der Waals surface area contributed by atoms with Crippen LogP contribution in [-0.4, -0.2) is 82.9 Å². The Bertz CT molecular complexity index is 905. The van der Waals surface area contributed by atoms with Crippen molar-refractivity contribution in [1.29, 1.82) is 0 Å². The Balaban J connectivity index is 1.31. The summed E-state index contributed by atoms with van der Waals surface area (Å²) in [6, 6.07) is 11.9. The number of likely N-dealkylation sites (N-methyl/N-ethyl adjacent to an activating group) is 1.